The van der Waals surface area contributed by atoms with E-state index in [2.05, 4.69) is 5.32 Å². The van der Waals surface area contributed by atoms with E-state index in [0.29, 0.717) is 16.7 Å². The first-order valence-corrected chi connectivity index (χ1v) is 8.70. The van der Waals surface area contributed by atoms with Gasteiger partial charge in [0.1, 0.15) is 11.6 Å². The quantitative estimate of drug-likeness (QED) is 0.868. The highest BCUT2D eigenvalue weighted by atomic mass is 19.1. The van der Waals surface area contributed by atoms with Crippen LogP contribution >= 0.6 is 0 Å². The number of rotatable bonds is 4. The number of hydrogen-bond acceptors (Lipinski definition) is 3. The van der Waals surface area contributed by atoms with Crippen LogP contribution < -0.4 is 15.8 Å². The normalized spacial score (nSPS) is 14.7. The van der Waals surface area contributed by atoms with Gasteiger partial charge in [0, 0.05) is 17.7 Å². The lowest BCUT2D eigenvalue weighted by molar-refractivity contribution is 0.1000. The maximum Gasteiger partial charge on any atom is 0.412 e. The Balaban J connectivity index is 1.76. The van der Waals surface area contributed by atoms with Gasteiger partial charge < -0.3 is 15.8 Å². The molecule has 0 heterocycles. The first kappa shape index (κ1) is 17.9. The van der Waals surface area contributed by atoms with Crippen molar-refractivity contribution in [2.75, 3.05) is 0 Å². The van der Waals surface area contributed by atoms with Crippen molar-refractivity contribution < 1.29 is 18.7 Å². The lowest BCUT2D eigenvalue weighted by Crippen LogP contribution is -2.38. The number of benzene rings is 2. The molecule has 0 unspecified atom stereocenters. The predicted octanol–water partition coefficient (Wildman–Crippen LogP) is 4.01. The third-order valence-electron chi connectivity index (χ3n) is 4.49. The van der Waals surface area contributed by atoms with Gasteiger partial charge in [-0.15, -0.1) is 0 Å². The van der Waals surface area contributed by atoms with Crippen LogP contribution in [0.1, 0.15) is 42.5 Å². The van der Waals surface area contributed by atoms with E-state index in [4.69, 9.17) is 10.5 Å². The molecule has 2 aromatic carbocycles. The molecule has 0 atom stereocenters. The molecule has 0 bridgehead atoms. The van der Waals surface area contributed by atoms with Gasteiger partial charge in [-0.05, 0) is 48.2 Å². The first-order valence-electron chi connectivity index (χ1n) is 8.70. The summed E-state index contributed by atoms with van der Waals surface area (Å²) in [7, 11) is 0. The number of carbonyl (C=O) groups excluding carboxylic acids is 2. The number of hydrogen-bond donors (Lipinski definition) is 2. The molecule has 0 aliphatic heterocycles. The van der Waals surface area contributed by atoms with Crippen LogP contribution in [0, 0.1) is 5.82 Å². The molecule has 0 spiro atoms. The van der Waals surface area contributed by atoms with Gasteiger partial charge >= 0.3 is 6.09 Å². The Morgan fingerprint density at radius 2 is 1.81 bits per heavy atom. The zero-order valence-electron chi connectivity index (χ0n) is 14.3. The van der Waals surface area contributed by atoms with Crippen molar-refractivity contribution in [2.24, 2.45) is 5.73 Å². The lowest BCUT2D eigenvalue weighted by Gasteiger charge is -2.22. The van der Waals surface area contributed by atoms with E-state index in [1.807, 2.05) is 0 Å². The van der Waals surface area contributed by atoms with E-state index in [-0.39, 0.29) is 11.8 Å². The Hall–Kier alpha value is -2.89. The molecule has 1 aliphatic carbocycles. The fourth-order valence-corrected chi connectivity index (χ4v) is 3.19. The second kappa shape index (κ2) is 7.99. The highest BCUT2D eigenvalue weighted by Crippen LogP contribution is 2.27. The fourth-order valence-electron chi connectivity index (χ4n) is 3.19. The molecule has 0 radical (unpaired) electrons. The Labute approximate surface area is 151 Å². The van der Waals surface area contributed by atoms with E-state index in [9.17, 15) is 14.0 Å². The van der Waals surface area contributed by atoms with Crippen molar-refractivity contribution >= 4 is 12.0 Å². The van der Waals surface area contributed by atoms with Gasteiger partial charge in [-0.1, -0.05) is 31.4 Å². The van der Waals surface area contributed by atoms with Crippen LogP contribution in [0.25, 0.3) is 11.1 Å². The molecule has 1 fully saturated rings. The maximum absolute atomic E-state index is 14.0. The number of amides is 2. The van der Waals surface area contributed by atoms with Crippen LogP contribution in [-0.2, 0) is 0 Å². The van der Waals surface area contributed by atoms with Gasteiger partial charge in [0.05, 0.1) is 0 Å². The van der Waals surface area contributed by atoms with Crippen molar-refractivity contribution in [1.82, 2.24) is 5.32 Å². The Kier molecular flexibility index (Phi) is 5.51. The molecule has 6 heteroatoms. The van der Waals surface area contributed by atoms with Crippen LogP contribution in [0.15, 0.2) is 42.5 Å². The Bertz CT molecular complexity index is 816. The third-order valence-corrected chi connectivity index (χ3v) is 4.49. The molecule has 0 aromatic heterocycles. The monoisotopic (exact) mass is 356 g/mol. The maximum atomic E-state index is 14.0. The summed E-state index contributed by atoms with van der Waals surface area (Å²) in [5, 5.41) is 2.83. The number of primary amides is 1. The fraction of sp³-hybridized carbons (Fsp3) is 0.300. The summed E-state index contributed by atoms with van der Waals surface area (Å²) in [6.07, 6.45) is 4.65. The van der Waals surface area contributed by atoms with E-state index < -0.39 is 17.8 Å². The van der Waals surface area contributed by atoms with Crippen molar-refractivity contribution in [3.63, 3.8) is 0 Å². The van der Waals surface area contributed by atoms with Gasteiger partial charge in [0.15, 0.2) is 0 Å². The summed E-state index contributed by atoms with van der Waals surface area (Å²) in [6.45, 7) is 0. The molecule has 26 heavy (non-hydrogen) atoms. The third kappa shape index (κ3) is 4.59. The smallest absolute Gasteiger partial charge is 0.410 e. The van der Waals surface area contributed by atoms with Crippen molar-refractivity contribution in [2.45, 2.75) is 38.1 Å². The van der Waals surface area contributed by atoms with Gasteiger partial charge in [-0.25, -0.2) is 9.18 Å². The zero-order chi connectivity index (χ0) is 18.5. The molecule has 1 saturated carbocycles. The molecule has 3 N–H and O–H groups in total. The van der Waals surface area contributed by atoms with Crippen LogP contribution in [0.4, 0.5) is 9.18 Å². The molecule has 136 valence electrons. The van der Waals surface area contributed by atoms with E-state index >= 15 is 0 Å². The number of halogens is 1. The molecule has 2 aromatic rings. The molecular formula is C20H21FN2O3. The average molecular weight is 356 g/mol. The van der Waals surface area contributed by atoms with Crippen LogP contribution in [0.5, 0.6) is 5.75 Å². The van der Waals surface area contributed by atoms with Crippen molar-refractivity contribution in [3.05, 3.63) is 53.8 Å². The average Bonchev–Trinajstić information content (AvgIpc) is 2.62. The summed E-state index contributed by atoms with van der Waals surface area (Å²) in [5.74, 6) is -0.989. The molecule has 0 saturated heterocycles. The highest BCUT2D eigenvalue weighted by Gasteiger charge is 2.17. The van der Waals surface area contributed by atoms with Gasteiger partial charge in [-0.3, -0.25) is 4.79 Å². The van der Waals surface area contributed by atoms with Crippen molar-refractivity contribution in [3.8, 4) is 16.9 Å². The second-order valence-electron chi connectivity index (χ2n) is 6.49. The minimum absolute atomic E-state index is 0.108. The minimum Gasteiger partial charge on any atom is -0.410 e. The second-order valence-corrected chi connectivity index (χ2v) is 6.49. The van der Waals surface area contributed by atoms with E-state index in [0.717, 1.165) is 31.7 Å². The topological polar surface area (TPSA) is 81.4 Å². The SMILES string of the molecule is NC(=O)c1cccc(-c2cc(F)cc(OC(=O)NC3CCCCC3)c2)c1. The standard InChI is InChI=1S/C20H21FN2O3/c21-16-10-15(13-5-4-6-14(9-13)19(22)24)11-18(12-16)26-20(25)23-17-7-2-1-3-8-17/h4-6,9-12,17H,1-3,7-8H2,(H2,22,24)(H,23,25). The summed E-state index contributed by atoms with van der Waals surface area (Å²) in [4.78, 5) is 23.4. The summed E-state index contributed by atoms with van der Waals surface area (Å²) >= 11 is 0. The lowest BCUT2D eigenvalue weighted by atomic mass is 9.96. The van der Waals surface area contributed by atoms with E-state index in [1.54, 1.807) is 30.3 Å². The molecule has 3 rings (SSSR count). The number of nitrogens with two attached hydrogens (primary N) is 1. The van der Waals surface area contributed by atoms with Crippen LogP contribution in [0.2, 0.25) is 0 Å². The number of carbonyl (C=O) groups is 2. The Morgan fingerprint density at radius 3 is 2.54 bits per heavy atom. The zero-order valence-corrected chi connectivity index (χ0v) is 14.3. The van der Waals surface area contributed by atoms with Gasteiger partial charge in [-0.2, -0.15) is 0 Å². The van der Waals surface area contributed by atoms with Crippen LogP contribution in [-0.4, -0.2) is 18.0 Å². The number of ether oxygens (including phenoxy) is 1. The minimum atomic E-state index is -0.584. The van der Waals surface area contributed by atoms with Crippen LogP contribution in [0.3, 0.4) is 0 Å². The first-order chi connectivity index (χ1) is 12.5. The number of nitrogens with one attached hydrogen (secondary N) is 1. The summed E-state index contributed by atoms with van der Waals surface area (Å²) in [6, 6.07) is 10.7. The highest BCUT2D eigenvalue weighted by molar-refractivity contribution is 5.94. The summed E-state index contributed by atoms with van der Waals surface area (Å²) < 4.78 is 19.2. The molecule has 1 aliphatic rings. The molecule has 2 amide bonds. The van der Waals surface area contributed by atoms with Gasteiger partial charge in [0.2, 0.25) is 5.91 Å². The largest absolute Gasteiger partial charge is 0.412 e. The van der Waals surface area contributed by atoms with Gasteiger partial charge in [0.25, 0.3) is 0 Å². The van der Waals surface area contributed by atoms with Crippen molar-refractivity contribution in [1.29, 1.82) is 0 Å². The van der Waals surface area contributed by atoms with E-state index in [1.165, 1.54) is 12.5 Å². The molecular weight excluding hydrogens is 335 g/mol. The molecule has 5 nitrogen and oxygen atoms in total. The predicted molar refractivity (Wildman–Crippen MR) is 96.4 cm³/mol. The summed E-state index contributed by atoms with van der Waals surface area (Å²) in [5.41, 5.74) is 6.71. The Morgan fingerprint density at radius 1 is 1.04 bits per heavy atom.